The fourth-order valence-electron chi connectivity index (χ4n) is 5.70. The Morgan fingerprint density at radius 1 is 0.957 bits per heavy atom. The average molecular weight is 326 g/mol. The molecule has 6 heteroatoms. The van der Waals surface area contributed by atoms with Gasteiger partial charge in [-0.3, -0.25) is 4.79 Å². The van der Waals surface area contributed by atoms with Crippen LogP contribution in [0.2, 0.25) is 0 Å². The Morgan fingerprint density at radius 3 is 2.00 bits per heavy atom. The van der Waals surface area contributed by atoms with E-state index >= 15 is 0 Å². The van der Waals surface area contributed by atoms with Gasteiger partial charge in [-0.05, 0) is 63.2 Å². The Morgan fingerprint density at radius 2 is 1.48 bits per heavy atom. The Kier molecular flexibility index (Phi) is 3.72. The predicted octanol–water partition coefficient (Wildman–Crippen LogP) is 0.573. The highest BCUT2D eigenvalue weighted by Crippen LogP contribution is 2.60. The molecule has 0 aromatic rings. The van der Waals surface area contributed by atoms with E-state index in [-0.39, 0.29) is 5.97 Å². The van der Waals surface area contributed by atoms with Crippen LogP contribution >= 0.6 is 0 Å². The fourth-order valence-corrected chi connectivity index (χ4v) is 5.70. The van der Waals surface area contributed by atoms with Gasteiger partial charge < -0.3 is 24.8 Å². The second-order valence-corrected chi connectivity index (χ2v) is 8.28. The molecule has 0 aromatic heterocycles. The zero-order valence-corrected chi connectivity index (χ0v) is 13.4. The standard InChI is InChI=1S/C17H26O6/c1-8-12(18)13(19)14(20)15(22-8)23-16(21)17-5-9-2-10(6-17)4-11(3-9)7-17/h8-15,18-20H,2-7H2,1H3/t8-,9?,10?,11?,12+,13+,14-,15+,17?/m0/s1. The summed E-state index contributed by atoms with van der Waals surface area (Å²) in [5, 5.41) is 29.6. The van der Waals surface area contributed by atoms with Crippen LogP contribution in [0.5, 0.6) is 0 Å². The lowest BCUT2D eigenvalue weighted by molar-refractivity contribution is -0.290. The van der Waals surface area contributed by atoms with Crippen LogP contribution in [-0.2, 0) is 14.3 Å². The van der Waals surface area contributed by atoms with Gasteiger partial charge in [0.1, 0.15) is 18.3 Å². The smallest absolute Gasteiger partial charge is 0.314 e. The molecule has 23 heavy (non-hydrogen) atoms. The van der Waals surface area contributed by atoms with E-state index in [2.05, 4.69) is 0 Å². The zero-order valence-electron chi connectivity index (χ0n) is 13.4. The number of ether oxygens (including phenoxy) is 2. The number of rotatable bonds is 2. The van der Waals surface area contributed by atoms with Crippen molar-refractivity contribution in [2.75, 3.05) is 0 Å². The zero-order chi connectivity index (χ0) is 16.4. The molecule has 5 aliphatic rings. The van der Waals surface area contributed by atoms with Gasteiger partial charge in [-0.2, -0.15) is 0 Å². The Labute approximate surface area is 135 Å². The minimum absolute atomic E-state index is 0.295. The highest BCUT2D eigenvalue weighted by Gasteiger charge is 2.56. The Bertz CT molecular complexity index is 456. The molecule has 4 bridgehead atoms. The summed E-state index contributed by atoms with van der Waals surface area (Å²) in [6.45, 7) is 1.59. The minimum Gasteiger partial charge on any atom is -0.432 e. The number of aliphatic hydroxyl groups excluding tert-OH is 3. The van der Waals surface area contributed by atoms with Gasteiger partial charge in [0.25, 0.3) is 0 Å². The van der Waals surface area contributed by atoms with Crippen LogP contribution in [0.4, 0.5) is 0 Å². The predicted molar refractivity (Wildman–Crippen MR) is 79.1 cm³/mol. The van der Waals surface area contributed by atoms with Crippen LogP contribution in [0.25, 0.3) is 0 Å². The lowest BCUT2D eigenvalue weighted by Crippen LogP contribution is -2.59. The molecule has 0 radical (unpaired) electrons. The second-order valence-electron chi connectivity index (χ2n) is 8.28. The van der Waals surface area contributed by atoms with Crippen molar-refractivity contribution in [3.8, 4) is 0 Å². The van der Waals surface area contributed by atoms with Crippen molar-refractivity contribution in [3.05, 3.63) is 0 Å². The van der Waals surface area contributed by atoms with Crippen LogP contribution in [-0.4, -0.2) is 52.0 Å². The van der Waals surface area contributed by atoms with E-state index in [1.54, 1.807) is 6.92 Å². The van der Waals surface area contributed by atoms with Crippen molar-refractivity contribution in [1.29, 1.82) is 0 Å². The van der Waals surface area contributed by atoms with E-state index in [0.29, 0.717) is 17.8 Å². The van der Waals surface area contributed by atoms with Crippen LogP contribution < -0.4 is 0 Å². The Balaban J connectivity index is 1.48. The van der Waals surface area contributed by atoms with Crippen LogP contribution in [0.1, 0.15) is 45.4 Å². The summed E-state index contributed by atoms with van der Waals surface area (Å²) in [4.78, 5) is 12.8. The number of esters is 1. The van der Waals surface area contributed by atoms with Crippen molar-refractivity contribution in [2.24, 2.45) is 23.2 Å². The van der Waals surface area contributed by atoms with Gasteiger partial charge in [0.2, 0.25) is 6.29 Å². The highest BCUT2D eigenvalue weighted by atomic mass is 16.7. The van der Waals surface area contributed by atoms with Gasteiger partial charge in [-0.1, -0.05) is 0 Å². The molecular formula is C17H26O6. The number of aliphatic hydroxyl groups is 3. The molecule has 1 saturated heterocycles. The van der Waals surface area contributed by atoms with Gasteiger partial charge in [0, 0.05) is 0 Å². The summed E-state index contributed by atoms with van der Waals surface area (Å²) < 4.78 is 10.9. The molecule has 0 unspecified atom stereocenters. The topological polar surface area (TPSA) is 96.2 Å². The molecule has 4 aliphatic carbocycles. The van der Waals surface area contributed by atoms with Gasteiger partial charge in [0.05, 0.1) is 11.5 Å². The molecule has 3 N–H and O–H groups in total. The summed E-state index contributed by atoms with van der Waals surface area (Å²) >= 11 is 0. The van der Waals surface area contributed by atoms with Crippen LogP contribution in [0.3, 0.4) is 0 Å². The van der Waals surface area contributed by atoms with Crippen molar-refractivity contribution < 1.29 is 29.6 Å². The van der Waals surface area contributed by atoms with Gasteiger partial charge in [-0.25, -0.2) is 0 Å². The highest BCUT2D eigenvalue weighted by molar-refractivity contribution is 5.77. The van der Waals surface area contributed by atoms with Crippen LogP contribution in [0.15, 0.2) is 0 Å². The first-order valence-electron chi connectivity index (χ1n) is 8.79. The van der Waals surface area contributed by atoms with E-state index in [9.17, 15) is 20.1 Å². The molecule has 5 fully saturated rings. The number of carbonyl (C=O) groups is 1. The van der Waals surface area contributed by atoms with E-state index in [0.717, 1.165) is 19.3 Å². The van der Waals surface area contributed by atoms with Crippen molar-refractivity contribution in [3.63, 3.8) is 0 Å². The Hall–Kier alpha value is -0.690. The molecule has 0 aromatic carbocycles. The first kappa shape index (κ1) is 15.8. The molecule has 1 heterocycles. The molecule has 0 amide bonds. The molecule has 1 aliphatic heterocycles. The SMILES string of the molecule is C[C@@H]1O[C@H](OC(=O)C23CC4CC(CC(C4)C2)C3)[C@@H](O)[C@H](O)[C@@H]1O. The maximum absolute atomic E-state index is 12.8. The summed E-state index contributed by atoms with van der Waals surface area (Å²) in [6.07, 6.45) is 0.466. The number of hydrogen-bond donors (Lipinski definition) is 3. The van der Waals surface area contributed by atoms with Crippen molar-refractivity contribution in [1.82, 2.24) is 0 Å². The third kappa shape index (κ3) is 2.51. The summed E-state index contributed by atoms with van der Waals surface area (Å²) in [7, 11) is 0. The monoisotopic (exact) mass is 326 g/mol. The van der Waals surface area contributed by atoms with Gasteiger partial charge in [-0.15, -0.1) is 0 Å². The maximum Gasteiger partial charge on any atom is 0.314 e. The fraction of sp³-hybridized carbons (Fsp3) is 0.941. The molecule has 5 atom stereocenters. The number of carbonyl (C=O) groups excluding carboxylic acids is 1. The van der Waals surface area contributed by atoms with Gasteiger partial charge >= 0.3 is 5.97 Å². The molecule has 130 valence electrons. The lowest BCUT2D eigenvalue weighted by atomic mass is 9.49. The van der Waals surface area contributed by atoms with Gasteiger partial charge in [0.15, 0.2) is 0 Å². The minimum atomic E-state index is -1.42. The molecule has 5 rings (SSSR count). The molecule has 0 spiro atoms. The normalized spacial score (nSPS) is 55.0. The lowest BCUT2D eigenvalue weighted by Gasteiger charge is -2.55. The van der Waals surface area contributed by atoms with Crippen LogP contribution in [0, 0.1) is 23.2 Å². The molecular weight excluding hydrogens is 300 g/mol. The van der Waals surface area contributed by atoms with E-state index in [1.165, 1.54) is 19.3 Å². The average Bonchev–Trinajstić information content (AvgIpc) is 2.49. The first-order chi connectivity index (χ1) is 10.9. The largest absolute Gasteiger partial charge is 0.432 e. The van der Waals surface area contributed by atoms with Crippen molar-refractivity contribution >= 4 is 5.97 Å². The molecule has 6 nitrogen and oxygen atoms in total. The summed E-state index contributed by atoms with van der Waals surface area (Å²) in [6, 6.07) is 0. The third-order valence-corrected chi connectivity index (χ3v) is 6.50. The first-order valence-corrected chi connectivity index (χ1v) is 8.79. The quantitative estimate of drug-likeness (QED) is 0.642. The number of hydrogen-bond acceptors (Lipinski definition) is 6. The third-order valence-electron chi connectivity index (χ3n) is 6.50. The summed E-state index contributed by atoms with van der Waals surface area (Å²) in [5.41, 5.74) is -0.428. The van der Waals surface area contributed by atoms with E-state index in [1.807, 2.05) is 0 Å². The molecule has 4 saturated carbocycles. The summed E-state index contributed by atoms with van der Waals surface area (Å²) in [5.74, 6) is 1.57. The van der Waals surface area contributed by atoms with E-state index in [4.69, 9.17) is 9.47 Å². The van der Waals surface area contributed by atoms with E-state index < -0.39 is 36.1 Å². The van der Waals surface area contributed by atoms with Crippen molar-refractivity contribution in [2.45, 2.75) is 76.2 Å². The maximum atomic E-state index is 12.8. The second kappa shape index (κ2) is 5.41.